The first-order valence-corrected chi connectivity index (χ1v) is 6.63. The van der Waals surface area contributed by atoms with E-state index < -0.39 is 0 Å². The van der Waals surface area contributed by atoms with Crippen molar-refractivity contribution >= 4 is 11.9 Å². The van der Waals surface area contributed by atoms with E-state index in [4.69, 9.17) is 10.5 Å². The summed E-state index contributed by atoms with van der Waals surface area (Å²) >= 11 is 0. The zero-order valence-corrected chi connectivity index (χ0v) is 11.6. The summed E-state index contributed by atoms with van der Waals surface area (Å²) in [5.74, 6) is 0.368. The second-order valence-electron chi connectivity index (χ2n) is 4.62. The number of carbonyl (C=O) groups is 1. The van der Waals surface area contributed by atoms with Crippen LogP contribution in [0.15, 0.2) is 23.2 Å². The van der Waals surface area contributed by atoms with Gasteiger partial charge in [0.2, 0.25) is 0 Å². The molecular weight excluding hydrogens is 256 g/mol. The van der Waals surface area contributed by atoms with Gasteiger partial charge in [-0.05, 0) is 23.6 Å². The number of guanidine groups is 1. The average molecular weight is 276 g/mol. The van der Waals surface area contributed by atoms with Gasteiger partial charge in [-0.25, -0.2) is 4.99 Å². The summed E-state index contributed by atoms with van der Waals surface area (Å²) in [6, 6.07) is 5.87. The van der Waals surface area contributed by atoms with Crippen molar-refractivity contribution in [2.24, 2.45) is 10.7 Å². The Morgan fingerprint density at radius 3 is 3.20 bits per heavy atom. The highest BCUT2D eigenvalue weighted by Crippen LogP contribution is 2.16. The van der Waals surface area contributed by atoms with Crippen LogP contribution < -0.4 is 16.4 Å². The van der Waals surface area contributed by atoms with Crippen molar-refractivity contribution in [3.05, 3.63) is 34.9 Å². The van der Waals surface area contributed by atoms with Crippen LogP contribution in [0.3, 0.4) is 0 Å². The number of rotatable bonds is 5. The Balaban J connectivity index is 1.98. The molecule has 0 radical (unpaired) electrons. The molecule has 6 heteroatoms. The van der Waals surface area contributed by atoms with E-state index in [1.54, 1.807) is 7.11 Å². The fourth-order valence-corrected chi connectivity index (χ4v) is 2.07. The predicted octanol–water partition coefficient (Wildman–Crippen LogP) is 0.0232. The van der Waals surface area contributed by atoms with Crippen molar-refractivity contribution < 1.29 is 9.53 Å². The molecule has 1 aromatic carbocycles. The van der Waals surface area contributed by atoms with E-state index in [0.29, 0.717) is 32.2 Å². The molecule has 0 fully saturated rings. The molecule has 6 nitrogen and oxygen atoms in total. The second kappa shape index (κ2) is 6.91. The molecule has 0 atom stereocenters. The Kier molecular flexibility index (Phi) is 4.95. The summed E-state index contributed by atoms with van der Waals surface area (Å²) < 4.78 is 4.91. The van der Waals surface area contributed by atoms with Crippen LogP contribution in [0.1, 0.15) is 21.5 Å². The highest BCUT2D eigenvalue weighted by Gasteiger charge is 2.16. The van der Waals surface area contributed by atoms with Crippen LogP contribution in [-0.2, 0) is 17.7 Å². The third-order valence-corrected chi connectivity index (χ3v) is 3.14. The Hall–Kier alpha value is -2.08. The number of nitrogens with zero attached hydrogens (tertiary/aromatic N) is 1. The van der Waals surface area contributed by atoms with Gasteiger partial charge in [0, 0.05) is 25.8 Å². The van der Waals surface area contributed by atoms with Gasteiger partial charge in [0.15, 0.2) is 5.96 Å². The molecule has 0 saturated heterocycles. The van der Waals surface area contributed by atoms with Gasteiger partial charge in [0.1, 0.15) is 0 Å². The normalized spacial score (nSPS) is 14.7. The Labute approximate surface area is 118 Å². The molecule has 2 rings (SSSR count). The molecule has 4 N–H and O–H groups in total. The highest BCUT2D eigenvalue weighted by atomic mass is 16.5. The zero-order chi connectivity index (χ0) is 14.4. The summed E-state index contributed by atoms with van der Waals surface area (Å²) in [5.41, 5.74) is 8.54. The monoisotopic (exact) mass is 276 g/mol. The SMILES string of the molecule is COCCNC(N)=NCc1ccc2c(c1)C(=O)NCC2. The maximum Gasteiger partial charge on any atom is 0.251 e. The highest BCUT2D eigenvalue weighted by molar-refractivity contribution is 5.96. The van der Waals surface area contributed by atoms with Crippen LogP contribution in [0.25, 0.3) is 0 Å². The van der Waals surface area contributed by atoms with Gasteiger partial charge < -0.3 is 21.1 Å². The summed E-state index contributed by atoms with van der Waals surface area (Å²) in [6.07, 6.45) is 0.880. The molecule has 0 unspecified atom stereocenters. The van der Waals surface area contributed by atoms with Crippen LogP contribution in [0.5, 0.6) is 0 Å². The van der Waals surface area contributed by atoms with Crippen LogP contribution in [0.2, 0.25) is 0 Å². The topological polar surface area (TPSA) is 88.7 Å². The largest absolute Gasteiger partial charge is 0.383 e. The van der Waals surface area contributed by atoms with Gasteiger partial charge >= 0.3 is 0 Å². The number of nitrogens with one attached hydrogen (secondary N) is 2. The van der Waals surface area contributed by atoms with E-state index >= 15 is 0 Å². The van der Waals surface area contributed by atoms with Gasteiger partial charge in [-0.3, -0.25) is 4.79 Å². The van der Waals surface area contributed by atoms with Gasteiger partial charge in [-0.15, -0.1) is 0 Å². The van der Waals surface area contributed by atoms with E-state index in [2.05, 4.69) is 15.6 Å². The van der Waals surface area contributed by atoms with Crippen LogP contribution in [0.4, 0.5) is 0 Å². The lowest BCUT2D eigenvalue weighted by molar-refractivity contribution is 0.0946. The number of ether oxygens (including phenoxy) is 1. The quantitative estimate of drug-likeness (QED) is 0.402. The van der Waals surface area contributed by atoms with Crippen molar-refractivity contribution in [1.82, 2.24) is 10.6 Å². The number of fused-ring (bicyclic) bond motifs is 1. The maximum absolute atomic E-state index is 11.8. The predicted molar refractivity (Wildman–Crippen MR) is 77.7 cm³/mol. The van der Waals surface area contributed by atoms with Crippen LogP contribution in [0, 0.1) is 0 Å². The number of hydrogen-bond donors (Lipinski definition) is 3. The molecule has 0 spiro atoms. The summed E-state index contributed by atoms with van der Waals surface area (Å²) in [7, 11) is 1.63. The summed E-state index contributed by atoms with van der Waals surface area (Å²) in [5, 5.41) is 5.79. The van der Waals surface area contributed by atoms with Crippen molar-refractivity contribution in [3.8, 4) is 0 Å². The minimum absolute atomic E-state index is 0.0109. The first-order valence-electron chi connectivity index (χ1n) is 6.63. The van der Waals surface area contributed by atoms with E-state index in [1.165, 1.54) is 0 Å². The minimum Gasteiger partial charge on any atom is -0.383 e. The molecule has 0 aliphatic carbocycles. The van der Waals surface area contributed by atoms with E-state index in [0.717, 1.165) is 23.1 Å². The molecule has 0 bridgehead atoms. The number of amides is 1. The first-order chi connectivity index (χ1) is 9.70. The van der Waals surface area contributed by atoms with Crippen molar-refractivity contribution in [3.63, 3.8) is 0 Å². The molecule has 20 heavy (non-hydrogen) atoms. The second-order valence-corrected chi connectivity index (χ2v) is 4.62. The Morgan fingerprint density at radius 1 is 1.55 bits per heavy atom. The number of carbonyl (C=O) groups excluding carboxylic acids is 1. The number of benzene rings is 1. The minimum atomic E-state index is -0.0109. The fraction of sp³-hybridized carbons (Fsp3) is 0.429. The number of methoxy groups -OCH3 is 1. The molecule has 1 aliphatic rings. The van der Waals surface area contributed by atoms with E-state index in [1.807, 2.05) is 18.2 Å². The molecule has 1 heterocycles. The molecule has 1 aliphatic heterocycles. The third-order valence-electron chi connectivity index (χ3n) is 3.14. The smallest absolute Gasteiger partial charge is 0.251 e. The van der Waals surface area contributed by atoms with Crippen LogP contribution in [-0.4, -0.2) is 38.7 Å². The standard InChI is InChI=1S/C14H20N4O2/c1-20-7-6-17-14(15)18-9-10-2-3-11-4-5-16-13(19)12(11)8-10/h2-3,8H,4-7,9H2,1H3,(H,16,19)(H3,15,17,18). The van der Waals surface area contributed by atoms with E-state index in [9.17, 15) is 4.79 Å². The maximum atomic E-state index is 11.8. The lowest BCUT2D eigenvalue weighted by atomic mass is 9.98. The summed E-state index contributed by atoms with van der Waals surface area (Å²) in [6.45, 7) is 2.36. The Bertz CT molecular complexity index is 514. The van der Waals surface area contributed by atoms with Gasteiger partial charge in [0.25, 0.3) is 5.91 Å². The molecular formula is C14H20N4O2. The molecule has 1 aromatic rings. The average Bonchev–Trinajstić information content (AvgIpc) is 2.46. The van der Waals surface area contributed by atoms with Gasteiger partial charge in [-0.1, -0.05) is 12.1 Å². The first kappa shape index (κ1) is 14.3. The van der Waals surface area contributed by atoms with Gasteiger partial charge in [0.05, 0.1) is 13.2 Å². The Morgan fingerprint density at radius 2 is 2.40 bits per heavy atom. The molecule has 108 valence electrons. The lowest BCUT2D eigenvalue weighted by Crippen LogP contribution is -2.34. The molecule has 0 saturated carbocycles. The summed E-state index contributed by atoms with van der Waals surface area (Å²) in [4.78, 5) is 16.0. The van der Waals surface area contributed by atoms with E-state index in [-0.39, 0.29) is 5.91 Å². The number of hydrogen-bond acceptors (Lipinski definition) is 3. The number of nitrogens with two attached hydrogens (primary N) is 1. The number of aliphatic imine (C=N–C) groups is 1. The van der Waals surface area contributed by atoms with Crippen molar-refractivity contribution in [1.29, 1.82) is 0 Å². The van der Waals surface area contributed by atoms with Crippen molar-refractivity contribution in [2.75, 3.05) is 26.8 Å². The fourth-order valence-electron chi connectivity index (χ4n) is 2.07. The molecule has 0 aromatic heterocycles. The van der Waals surface area contributed by atoms with Gasteiger partial charge in [-0.2, -0.15) is 0 Å². The molecule has 1 amide bonds. The lowest BCUT2D eigenvalue weighted by Gasteiger charge is -2.16. The van der Waals surface area contributed by atoms with Crippen LogP contribution >= 0.6 is 0 Å². The third kappa shape index (κ3) is 3.71. The van der Waals surface area contributed by atoms with Crippen molar-refractivity contribution in [2.45, 2.75) is 13.0 Å². The zero-order valence-electron chi connectivity index (χ0n) is 11.6.